The smallest absolute Gasteiger partial charge is 0.387 e. The predicted octanol–water partition coefficient (Wildman–Crippen LogP) is 2.64. The molecule has 2 N–H and O–H groups in total. The second kappa shape index (κ2) is 12.0. The second-order valence-electron chi connectivity index (χ2n) is 5.71. The van der Waals surface area contributed by atoms with Crippen LogP contribution in [0.4, 0.5) is 8.78 Å². The fourth-order valence-corrected chi connectivity index (χ4v) is 2.32. The van der Waals surface area contributed by atoms with E-state index in [1.807, 2.05) is 14.0 Å². The average Bonchev–Trinajstić information content (AvgIpc) is 3.05. The Bertz CT molecular complexity index is 620. The maximum absolute atomic E-state index is 12.7. The number of halogens is 3. The standard InChI is InChI=1S/C17H26F2N4O3.HI/c1-4-20-17(21-6-7-23(3)5-2)22-10-12-8-14-15(25-11-24-14)9-13(12)26-16(18)19;/h8-9,16H,4-7,10-11H2,1-3H3,(H2,20,21,22);1H. The molecule has 0 amide bonds. The summed E-state index contributed by atoms with van der Waals surface area (Å²) in [5.41, 5.74) is 0.498. The third-order valence-electron chi connectivity index (χ3n) is 3.85. The molecule has 154 valence electrons. The largest absolute Gasteiger partial charge is 0.454 e. The van der Waals surface area contributed by atoms with Crippen LogP contribution in [-0.2, 0) is 6.54 Å². The summed E-state index contributed by atoms with van der Waals surface area (Å²) < 4.78 is 40.5. The van der Waals surface area contributed by atoms with Crippen LogP contribution in [0.3, 0.4) is 0 Å². The molecule has 7 nitrogen and oxygen atoms in total. The van der Waals surface area contributed by atoms with Crippen LogP contribution >= 0.6 is 24.0 Å². The second-order valence-corrected chi connectivity index (χ2v) is 5.71. The van der Waals surface area contributed by atoms with Gasteiger partial charge in [-0.15, -0.1) is 24.0 Å². The van der Waals surface area contributed by atoms with Crippen molar-refractivity contribution in [2.45, 2.75) is 27.0 Å². The first kappa shape index (κ1) is 23.5. The summed E-state index contributed by atoms with van der Waals surface area (Å²) in [6.07, 6.45) is 0. The summed E-state index contributed by atoms with van der Waals surface area (Å²) in [6.45, 7) is 4.59. The quantitative estimate of drug-likeness (QED) is 0.309. The van der Waals surface area contributed by atoms with Crippen LogP contribution in [0.5, 0.6) is 17.2 Å². The van der Waals surface area contributed by atoms with E-state index in [1.165, 1.54) is 6.07 Å². The van der Waals surface area contributed by atoms with Crippen molar-refractivity contribution in [1.29, 1.82) is 0 Å². The first-order valence-electron chi connectivity index (χ1n) is 8.61. The molecule has 0 aromatic heterocycles. The van der Waals surface area contributed by atoms with E-state index in [0.29, 0.717) is 29.6 Å². The van der Waals surface area contributed by atoms with E-state index in [2.05, 4.69) is 32.2 Å². The van der Waals surface area contributed by atoms with Gasteiger partial charge < -0.3 is 29.7 Å². The van der Waals surface area contributed by atoms with Gasteiger partial charge in [0.15, 0.2) is 17.5 Å². The molecule has 1 aliphatic heterocycles. The number of aliphatic imine (C=N–C) groups is 1. The lowest BCUT2D eigenvalue weighted by Crippen LogP contribution is -2.40. The van der Waals surface area contributed by atoms with Gasteiger partial charge in [-0.05, 0) is 26.6 Å². The van der Waals surface area contributed by atoms with Crippen LogP contribution in [0.25, 0.3) is 0 Å². The van der Waals surface area contributed by atoms with Crippen molar-refractivity contribution in [3.05, 3.63) is 17.7 Å². The molecule has 0 aliphatic carbocycles. The van der Waals surface area contributed by atoms with E-state index in [9.17, 15) is 8.78 Å². The van der Waals surface area contributed by atoms with Crippen LogP contribution in [0.15, 0.2) is 17.1 Å². The highest BCUT2D eigenvalue weighted by Crippen LogP contribution is 2.38. The van der Waals surface area contributed by atoms with Gasteiger partial charge in [0.2, 0.25) is 6.79 Å². The lowest BCUT2D eigenvalue weighted by atomic mass is 10.1. The third kappa shape index (κ3) is 7.53. The van der Waals surface area contributed by atoms with Crippen molar-refractivity contribution in [3.63, 3.8) is 0 Å². The molecule has 1 aromatic carbocycles. The van der Waals surface area contributed by atoms with Gasteiger partial charge in [-0.2, -0.15) is 8.78 Å². The molecule has 27 heavy (non-hydrogen) atoms. The number of benzene rings is 1. The number of fused-ring (bicyclic) bond motifs is 1. The number of nitrogens with one attached hydrogen (secondary N) is 2. The summed E-state index contributed by atoms with van der Waals surface area (Å²) in [5, 5.41) is 6.35. The topological polar surface area (TPSA) is 67.4 Å². The SMILES string of the molecule is CCNC(=NCc1cc2c(cc1OC(F)F)OCO2)NCCN(C)CC.I. The van der Waals surface area contributed by atoms with Gasteiger partial charge in [0.05, 0.1) is 6.54 Å². The van der Waals surface area contributed by atoms with Gasteiger partial charge in [-0.1, -0.05) is 6.92 Å². The highest BCUT2D eigenvalue weighted by molar-refractivity contribution is 14.0. The monoisotopic (exact) mass is 500 g/mol. The van der Waals surface area contributed by atoms with Crippen LogP contribution in [0, 0.1) is 0 Å². The molecule has 0 radical (unpaired) electrons. The van der Waals surface area contributed by atoms with Crippen molar-refractivity contribution in [2.75, 3.05) is 40.0 Å². The van der Waals surface area contributed by atoms with Gasteiger partial charge in [0, 0.05) is 31.3 Å². The van der Waals surface area contributed by atoms with Crippen molar-refractivity contribution in [1.82, 2.24) is 15.5 Å². The molecule has 1 heterocycles. The normalized spacial score (nSPS) is 12.9. The van der Waals surface area contributed by atoms with E-state index in [1.54, 1.807) is 6.07 Å². The van der Waals surface area contributed by atoms with Gasteiger partial charge >= 0.3 is 6.61 Å². The molecular formula is C17H27F2IN4O3. The van der Waals surface area contributed by atoms with Crippen LogP contribution < -0.4 is 24.8 Å². The molecule has 0 bridgehead atoms. The Kier molecular flexibility index (Phi) is 10.4. The Balaban J connectivity index is 0.00000364. The van der Waals surface area contributed by atoms with Crippen molar-refractivity contribution < 1.29 is 23.0 Å². The molecule has 0 fully saturated rings. The van der Waals surface area contributed by atoms with Crippen molar-refractivity contribution in [2.24, 2.45) is 4.99 Å². The maximum atomic E-state index is 12.7. The van der Waals surface area contributed by atoms with Gasteiger partial charge in [-0.3, -0.25) is 0 Å². The van der Waals surface area contributed by atoms with E-state index in [0.717, 1.165) is 19.6 Å². The Morgan fingerprint density at radius 3 is 2.59 bits per heavy atom. The minimum absolute atomic E-state index is 0. The van der Waals surface area contributed by atoms with Crippen molar-refractivity contribution >= 4 is 29.9 Å². The molecule has 0 unspecified atom stereocenters. The zero-order valence-electron chi connectivity index (χ0n) is 15.8. The Hall–Kier alpha value is -1.56. The first-order chi connectivity index (χ1) is 12.5. The number of nitrogens with zero attached hydrogens (tertiary/aromatic N) is 2. The molecule has 0 saturated carbocycles. The summed E-state index contributed by atoms with van der Waals surface area (Å²) in [7, 11) is 2.03. The molecule has 10 heteroatoms. The van der Waals surface area contributed by atoms with E-state index >= 15 is 0 Å². The van der Waals surface area contributed by atoms with E-state index < -0.39 is 6.61 Å². The zero-order valence-corrected chi connectivity index (χ0v) is 18.1. The fourth-order valence-electron chi connectivity index (χ4n) is 2.32. The number of hydrogen-bond acceptors (Lipinski definition) is 5. The highest BCUT2D eigenvalue weighted by atomic mass is 127. The predicted molar refractivity (Wildman–Crippen MR) is 111 cm³/mol. The molecule has 0 atom stereocenters. The van der Waals surface area contributed by atoms with Crippen LogP contribution in [0.1, 0.15) is 19.4 Å². The number of rotatable bonds is 9. The van der Waals surface area contributed by atoms with Gasteiger partial charge in [-0.25, -0.2) is 4.99 Å². The minimum atomic E-state index is -2.92. The Morgan fingerprint density at radius 1 is 1.26 bits per heavy atom. The summed E-state index contributed by atoms with van der Waals surface area (Å²) in [5.74, 6) is 1.53. The lowest BCUT2D eigenvalue weighted by Gasteiger charge is -2.16. The summed E-state index contributed by atoms with van der Waals surface area (Å²) >= 11 is 0. The van der Waals surface area contributed by atoms with Crippen molar-refractivity contribution in [3.8, 4) is 17.2 Å². The summed E-state index contributed by atoms with van der Waals surface area (Å²) in [4.78, 5) is 6.62. The molecule has 0 spiro atoms. The zero-order chi connectivity index (χ0) is 18.9. The number of hydrogen-bond donors (Lipinski definition) is 2. The maximum Gasteiger partial charge on any atom is 0.387 e. The number of alkyl halides is 2. The number of likely N-dealkylation sites (N-methyl/N-ethyl adjacent to an activating group) is 1. The minimum Gasteiger partial charge on any atom is -0.454 e. The molecule has 0 saturated heterocycles. The van der Waals surface area contributed by atoms with Crippen LogP contribution in [0.2, 0.25) is 0 Å². The molecule has 1 aromatic rings. The number of guanidine groups is 1. The Morgan fingerprint density at radius 2 is 1.96 bits per heavy atom. The van der Waals surface area contributed by atoms with Gasteiger partial charge in [0.25, 0.3) is 0 Å². The van der Waals surface area contributed by atoms with Crippen LogP contribution in [-0.4, -0.2) is 57.5 Å². The molecule has 2 rings (SSSR count). The van der Waals surface area contributed by atoms with Gasteiger partial charge in [0.1, 0.15) is 5.75 Å². The lowest BCUT2D eigenvalue weighted by molar-refractivity contribution is -0.0505. The van der Waals surface area contributed by atoms with E-state index in [-0.39, 0.29) is 43.1 Å². The number of ether oxygens (including phenoxy) is 3. The average molecular weight is 500 g/mol. The first-order valence-corrected chi connectivity index (χ1v) is 8.61. The van der Waals surface area contributed by atoms with E-state index in [4.69, 9.17) is 9.47 Å². The fraction of sp³-hybridized carbons (Fsp3) is 0.588. The molecule has 1 aliphatic rings. The Labute approximate surface area is 175 Å². The third-order valence-corrected chi connectivity index (χ3v) is 3.85. The summed E-state index contributed by atoms with van der Waals surface area (Å²) in [6, 6.07) is 3.04. The highest BCUT2D eigenvalue weighted by Gasteiger charge is 2.20. The molecular weight excluding hydrogens is 473 g/mol.